The maximum absolute atomic E-state index is 16.8. The van der Waals surface area contributed by atoms with E-state index in [2.05, 4.69) is 26.0 Å². The Morgan fingerprint density at radius 3 is 2.67 bits per heavy atom. The van der Waals surface area contributed by atoms with Gasteiger partial charge in [-0.25, -0.2) is 4.39 Å². The molecule has 4 fully saturated rings. The molecule has 8 nitrogen and oxygen atoms in total. The molecule has 0 radical (unpaired) electrons. The number of anilines is 1. The highest BCUT2D eigenvalue weighted by molar-refractivity contribution is 6.04. The number of fused-ring (bicyclic) bond motifs is 3. The number of nitrogens with one attached hydrogen (secondary N) is 1. The van der Waals surface area contributed by atoms with Gasteiger partial charge in [-0.3, -0.25) is 9.88 Å². The Morgan fingerprint density at radius 2 is 1.88 bits per heavy atom. The molecule has 4 saturated heterocycles. The number of aromatic nitrogens is 3. The first-order chi connectivity index (χ1) is 21.0. The smallest absolute Gasteiger partial charge is 0.319 e. The summed E-state index contributed by atoms with van der Waals surface area (Å²) in [4.78, 5) is 19.0. The van der Waals surface area contributed by atoms with E-state index in [1.54, 1.807) is 36.5 Å². The Morgan fingerprint density at radius 1 is 1.02 bits per heavy atom. The van der Waals surface area contributed by atoms with Gasteiger partial charge in [-0.15, -0.1) is 6.42 Å². The van der Waals surface area contributed by atoms with Crippen molar-refractivity contribution in [1.82, 2.24) is 25.2 Å². The number of ether oxygens (including phenoxy) is 1. The normalized spacial score (nSPS) is 23.0. The number of hydrogen-bond donors (Lipinski definition) is 2. The molecule has 4 aliphatic heterocycles. The number of phenolic OH excluding ortho intramolecular Hbond substituents is 1. The fourth-order valence-corrected chi connectivity index (χ4v) is 8.15. The first-order valence-electron chi connectivity index (χ1n) is 15.5. The van der Waals surface area contributed by atoms with E-state index in [1.165, 1.54) is 12.8 Å². The van der Waals surface area contributed by atoms with Gasteiger partial charge < -0.3 is 20.1 Å². The highest BCUT2D eigenvalue weighted by Crippen LogP contribution is 2.42. The molecule has 0 bridgehead atoms. The predicted octanol–water partition coefficient (Wildman–Crippen LogP) is 5.01. The van der Waals surface area contributed by atoms with Gasteiger partial charge in [0, 0.05) is 46.7 Å². The van der Waals surface area contributed by atoms with Crippen molar-refractivity contribution in [2.45, 2.75) is 56.0 Å². The predicted molar refractivity (Wildman–Crippen MR) is 165 cm³/mol. The molecule has 2 aromatic heterocycles. The van der Waals surface area contributed by atoms with Crippen LogP contribution in [0.5, 0.6) is 11.8 Å². The van der Waals surface area contributed by atoms with Crippen LogP contribution in [0.25, 0.3) is 32.9 Å². The number of nitrogens with zero attached hydrogens (tertiary/aromatic N) is 5. The summed E-state index contributed by atoms with van der Waals surface area (Å²) in [5.41, 5.74) is 1.45. The fraction of sp³-hybridized carbons (Fsp3) is 0.441. The summed E-state index contributed by atoms with van der Waals surface area (Å²) in [6.07, 6.45) is 15.3. The number of rotatable bonds is 5. The third-order valence-corrected chi connectivity index (χ3v) is 10.3. The van der Waals surface area contributed by atoms with Crippen molar-refractivity contribution in [3.8, 4) is 35.4 Å². The van der Waals surface area contributed by atoms with Gasteiger partial charge in [-0.2, -0.15) is 9.97 Å². The number of hydrogen-bond acceptors (Lipinski definition) is 8. The van der Waals surface area contributed by atoms with E-state index in [4.69, 9.17) is 21.1 Å². The van der Waals surface area contributed by atoms with E-state index in [1.807, 2.05) is 0 Å². The first-order valence-corrected chi connectivity index (χ1v) is 15.5. The zero-order chi connectivity index (χ0) is 29.2. The van der Waals surface area contributed by atoms with E-state index < -0.39 is 5.82 Å². The molecule has 1 unspecified atom stereocenters. The minimum Gasteiger partial charge on any atom is -0.507 e. The van der Waals surface area contributed by atoms with Gasteiger partial charge in [-0.1, -0.05) is 18.1 Å². The average Bonchev–Trinajstić information content (AvgIpc) is 3.83. The minimum atomic E-state index is -0.556. The van der Waals surface area contributed by atoms with Crippen LogP contribution >= 0.6 is 0 Å². The Hall–Kier alpha value is -4.00. The molecule has 1 atom stereocenters. The zero-order valence-corrected chi connectivity index (χ0v) is 24.2. The molecule has 43 heavy (non-hydrogen) atoms. The zero-order valence-electron chi connectivity index (χ0n) is 24.2. The van der Waals surface area contributed by atoms with Crippen LogP contribution in [0.15, 0.2) is 36.5 Å². The highest BCUT2D eigenvalue weighted by Gasteiger charge is 2.45. The summed E-state index contributed by atoms with van der Waals surface area (Å²) in [5, 5.41) is 16.0. The molecule has 1 spiro atoms. The van der Waals surface area contributed by atoms with Gasteiger partial charge in [-0.05, 0) is 82.8 Å². The Balaban J connectivity index is 1.26. The minimum absolute atomic E-state index is 0.0163. The van der Waals surface area contributed by atoms with E-state index in [9.17, 15) is 5.11 Å². The second kappa shape index (κ2) is 10.0. The summed E-state index contributed by atoms with van der Waals surface area (Å²) in [5.74, 6) is 2.86. The van der Waals surface area contributed by atoms with E-state index in [0.29, 0.717) is 39.7 Å². The molecule has 4 aliphatic rings. The number of aromatic hydroxyl groups is 1. The lowest BCUT2D eigenvalue weighted by molar-refractivity contribution is 0.108. The van der Waals surface area contributed by atoms with E-state index in [0.717, 1.165) is 64.8 Å². The van der Waals surface area contributed by atoms with Crippen LogP contribution in [0.3, 0.4) is 0 Å². The van der Waals surface area contributed by atoms with E-state index >= 15 is 4.39 Å². The van der Waals surface area contributed by atoms with Gasteiger partial charge in [0.05, 0.1) is 10.9 Å². The topological polar surface area (TPSA) is 86.6 Å². The lowest BCUT2D eigenvalue weighted by atomic mass is 9.95. The van der Waals surface area contributed by atoms with Crippen LogP contribution in [-0.2, 0) is 0 Å². The van der Waals surface area contributed by atoms with Crippen molar-refractivity contribution in [2.24, 2.45) is 0 Å². The van der Waals surface area contributed by atoms with Gasteiger partial charge in [0.25, 0.3) is 0 Å². The van der Waals surface area contributed by atoms with Crippen molar-refractivity contribution in [3.63, 3.8) is 0 Å². The number of phenols is 1. The number of pyridine rings is 1. The van der Waals surface area contributed by atoms with Crippen LogP contribution in [0.2, 0.25) is 0 Å². The Kier molecular flexibility index (Phi) is 6.21. The lowest BCUT2D eigenvalue weighted by Crippen LogP contribution is -2.43. The highest BCUT2D eigenvalue weighted by atomic mass is 19.1. The number of benzene rings is 2. The Labute approximate surface area is 250 Å². The third kappa shape index (κ3) is 4.22. The summed E-state index contributed by atoms with van der Waals surface area (Å²) in [6.45, 7) is 5.32. The third-order valence-electron chi connectivity index (χ3n) is 10.3. The Bertz CT molecular complexity index is 1790. The van der Waals surface area contributed by atoms with Gasteiger partial charge in [0.2, 0.25) is 0 Å². The van der Waals surface area contributed by atoms with Crippen molar-refractivity contribution < 1.29 is 14.2 Å². The first kappa shape index (κ1) is 26.6. The molecule has 9 heteroatoms. The van der Waals surface area contributed by atoms with Gasteiger partial charge in [0.15, 0.2) is 5.82 Å². The molecule has 2 aromatic carbocycles. The fourth-order valence-electron chi connectivity index (χ4n) is 8.15. The van der Waals surface area contributed by atoms with E-state index in [-0.39, 0.29) is 34.0 Å². The van der Waals surface area contributed by atoms with Crippen molar-refractivity contribution >= 4 is 27.5 Å². The van der Waals surface area contributed by atoms with Crippen LogP contribution in [0, 0.1) is 18.2 Å². The van der Waals surface area contributed by atoms with Gasteiger partial charge >= 0.3 is 6.01 Å². The molecule has 2 N–H and O–H groups in total. The summed E-state index contributed by atoms with van der Waals surface area (Å²) in [6, 6.07) is 8.76. The number of halogens is 1. The maximum atomic E-state index is 16.8. The van der Waals surface area contributed by atoms with Crippen LogP contribution in [-0.4, -0.2) is 75.4 Å². The monoisotopic (exact) mass is 578 g/mol. The van der Waals surface area contributed by atoms with Crippen LogP contribution < -0.4 is 15.0 Å². The quantitative estimate of drug-likeness (QED) is 0.320. The molecule has 0 amide bonds. The molecule has 220 valence electrons. The second-order valence-corrected chi connectivity index (χ2v) is 12.7. The van der Waals surface area contributed by atoms with Gasteiger partial charge in [0.1, 0.15) is 29.4 Å². The standard InChI is InChI=1S/C34H35FN6O2/c1-2-22-7-3-8-23-26(42)10-9-24(27(22)23)29-28(35)30-25(19-36-29)31(40-18-14-33(20-40)11-4-15-37-33)39-32(38-30)43-21-34-12-5-16-41(34)17-6-13-34/h1,3,7-10,19,37,42H,4-6,11-18,20-21H2. The molecule has 6 heterocycles. The summed E-state index contributed by atoms with van der Waals surface area (Å²) >= 11 is 0. The second-order valence-electron chi connectivity index (χ2n) is 12.7. The summed E-state index contributed by atoms with van der Waals surface area (Å²) in [7, 11) is 0. The average molecular weight is 579 g/mol. The largest absolute Gasteiger partial charge is 0.507 e. The molecule has 0 saturated carbocycles. The maximum Gasteiger partial charge on any atom is 0.319 e. The molecule has 8 rings (SSSR count). The SMILES string of the molecule is C#Cc1cccc2c(O)ccc(-c3ncc4c(N5CCC6(CCCN6)C5)nc(OCC56CCCN5CCC6)nc4c3F)c12. The summed E-state index contributed by atoms with van der Waals surface area (Å²) < 4.78 is 23.1. The van der Waals surface area contributed by atoms with Crippen molar-refractivity contribution in [1.29, 1.82) is 0 Å². The molecule has 4 aromatic rings. The number of terminal acetylenes is 1. The lowest BCUT2D eigenvalue weighted by Gasteiger charge is -2.31. The molecular weight excluding hydrogens is 543 g/mol. The van der Waals surface area contributed by atoms with Crippen LogP contribution in [0.4, 0.5) is 10.2 Å². The van der Waals surface area contributed by atoms with Crippen molar-refractivity contribution in [2.75, 3.05) is 44.2 Å². The molecule has 0 aliphatic carbocycles. The van der Waals surface area contributed by atoms with Crippen molar-refractivity contribution in [3.05, 3.63) is 47.9 Å². The van der Waals surface area contributed by atoms with Crippen LogP contribution in [0.1, 0.15) is 50.5 Å². The molecular formula is C34H35FN6O2.